The van der Waals surface area contributed by atoms with Crippen LogP contribution in [0.3, 0.4) is 0 Å². The number of aromatic nitrogens is 3. The fourth-order valence-electron chi connectivity index (χ4n) is 1.98. The van der Waals surface area contributed by atoms with E-state index in [0.717, 1.165) is 21.4 Å². The number of rotatable bonds is 4. The molecule has 0 amide bonds. The van der Waals surface area contributed by atoms with E-state index in [1.807, 2.05) is 0 Å². The first kappa shape index (κ1) is 18.5. The van der Waals surface area contributed by atoms with Crippen LogP contribution in [0.25, 0.3) is 0 Å². The minimum absolute atomic E-state index is 0.0213. The minimum atomic E-state index is -4.55. The first-order valence-electron chi connectivity index (χ1n) is 6.82. The standard InChI is InChI=1S/C14H11ClF3N5O2/c1-22-12(24)8(5-19)7-23(13(22)25)3-2-20-11-10(15)4-9(6-21-11)14(16,17)18/h4,6-7H,2-3H2,1H3,(H,20,21). The Labute approximate surface area is 143 Å². The van der Waals surface area contributed by atoms with E-state index < -0.39 is 23.0 Å². The number of hydrogen-bond donors (Lipinski definition) is 1. The van der Waals surface area contributed by atoms with E-state index in [0.29, 0.717) is 6.20 Å². The van der Waals surface area contributed by atoms with E-state index in [1.165, 1.54) is 7.05 Å². The van der Waals surface area contributed by atoms with Crippen molar-refractivity contribution in [2.45, 2.75) is 12.7 Å². The highest BCUT2D eigenvalue weighted by molar-refractivity contribution is 6.32. The van der Waals surface area contributed by atoms with Crippen LogP contribution in [0.1, 0.15) is 11.1 Å². The summed E-state index contributed by atoms with van der Waals surface area (Å²) in [5, 5.41) is 11.4. The first-order valence-corrected chi connectivity index (χ1v) is 7.20. The molecular weight excluding hydrogens is 363 g/mol. The van der Waals surface area contributed by atoms with E-state index in [4.69, 9.17) is 16.9 Å². The van der Waals surface area contributed by atoms with Crippen molar-refractivity contribution >= 4 is 17.4 Å². The zero-order chi connectivity index (χ0) is 18.8. The van der Waals surface area contributed by atoms with E-state index >= 15 is 0 Å². The van der Waals surface area contributed by atoms with Crippen molar-refractivity contribution < 1.29 is 13.2 Å². The lowest BCUT2D eigenvalue weighted by molar-refractivity contribution is -0.137. The van der Waals surface area contributed by atoms with Crippen molar-refractivity contribution in [2.24, 2.45) is 7.05 Å². The maximum absolute atomic E-state index is 12.5. The highest BCUT2D eigenvalue weighted by Gasteiger charge is 2.31. The molecule has 0 radical (unpaired) electrons. The van der Waals surface area contributed by atoms with Crippen molar-refractivity contribution in [2.75, 3.05) is 11.9 Å². The van der Waals surface area contributed by atoms with Crippen LogP contribution in [0.4, 0.5) is 19.0 Å². The average molecular weight is 374 g/mol. The largest absolute Gasteiger partial charge is 0.417 e. The molecule has 0 saturated carbocycles. The molecule has 0 aliphatic carbocycles. The number of nitrogens with one attached hydrogen (secondary N) is 1. The van der Waals surface area contributed by atoms with Gasteiger partial charge in [0.15, 0.2) is 0 Å². The molecule has 132 valence electrons. The van der Waals surface area contributed by atoms with Crippen molar-refractivity contribution in [1.29, 1.82) is 5.26 Å². The summed E-state index contributed by atoms with van der Waals surface area (Å²) in [7, 11) is 1.24. The van der Waals surface area contributed by atoms with Gasteiger partial charge in [-0.15, -0.1) is 0 Å². The van der Waals surface area contributed by atoms with Gasteiger partial charge in [0.25, 0.3) is 5.56 Å². The molecule has 25 heavy (non-hydrogen) atoms. The maximum Gasteiger partial charge on any atom is 0.417 e. The highest BCUT2D eigenvalue weighted by atomic mass is 35.5. The van der Waals surface area contributed by atoms with Gasteiger partial charge in [-0.25, -0.2) is 9.78 Å². The van der Waals surface area contributed by atoms with E-state index in [1.54, 1.807) is 6.07 Å². The second-order valence-electron chi connectivity index (χ2n) is 4.97. The van der Waals surface area contributed by atoms with E-state index in [-0.39, 0.29) is 29.5 Å². The number of halogens is 4. The van der Waals surface area contributed by atoms with Crippen molar-refractivity contribution in [3.63, 3.8) is 0 Å². The Morgan fingerprint density at radius 2 is 2.08 bits per heavy atom. The second-order valence-corrected chi connectivity index (χ2v) is 5.38. The smallest absolute Gasteiger partial charge is 0.367 e. The Hall–Kier alpha value is -2.80. The molecular formula is C14H11ClF3N5O2. The Balaban J connectivity index is 2.15. The summed E-state index contributed by atoms with van der Waals surface area (Å²) in [6, 6.07) is 2.43. The fourth-order valence-corrected chi connectivity index (χ4v) is 2.21. The molecule has 0 saturated heterocycles. The molecule has 0 unspecified atom stereocenters. The number of nitriles is 1. The number of nitrogens with zero attached hydrogens (tertiary/aromatic N) is 4. The van der Waals surface area contributed by atoms with Crippen LogP contribution < -0.4 is 16.6 Å². The Morgan fingerprint density at radius 3 is 2.64 bits per heavy atom. The van der Waals surface area contributed by atoms with Crippen LogP contribution >= 0.6 is 11.6 Å². The number of anilines is 1. The molecule has 0 aliphatic heterocycles. The molecule has 2 aromatic rings. The van der Waals surface area contributed by atoms with Crippen molar-refractivity contribution in [3.05, 3.63) is 55.4 Å². The van der Waals surface area contributed by atoms with Gasteiger partial charge in [0.05, 0.1) is 10.6 Å². The first-order chi connectivity index (χ1) is 11.6. The van der Waals surface area contributed by atoms with Gasteiger partial charge in [0.1, 0.15) is 17.5 Å². The molecule has 7 nitrogen and oxygen atoms in total. The predicted molar refractivity (Wildman–Crippen MR) is 83.4 cm³/mol. The van der Waals surface area contributed by atoms with Crippen LogP contribution in [0.15, 0.2) is 28.0 Å². The number of alkyl halides is 3. The predicted octanol–water partition coefficient (Wildman–Crippen LogP) is 1.60. The van der Waals surface area contributed by atoms with Crippen LogP contribution in [-0.4, -0.2) is 20.7 Å². The highest BCUT2D eigenvalue weighted by Crippen LogP contribution is 2.32. The molecule has 0 spiro atoms. The zero-order valence-corrected chi connectivity index (χ0v) is 13.5. The van der Waals surface area contributed by atoms with Gasteiger partial charge in [-0.1, -0.05) is 11.6 Å². The van der Waals surface area contributed by atoms with E-state index in [9.17, 15) is 22.8 Å². The van der Waals surface area contributed by atoms with Crippen molar-refractivity contribution in [1.82, 2.24) is 14.1 Å². The SMILES string of the molecule is Cn1c(=O)c(C#N)cn(CCNc2ncc(C(F)(F)F)cc2Cl)c1=O. The van der Waals surface area contributed by atoms with Gasteiger partial charge < -0.3 is 5.32 Å². The molecule has 0 atom stereocenters. The summed E-state index contributed by atoms with van der Waals surface area (Å²) >= 11 is 5.76. The lowest BCUT2D eigenvalue weighted by Gasteiger charge is -2.12. The minimum Gasteiger partial charge on any atom is -0.367 e. The summed E-state index contributed by atoms with van der Waals surface area (Å²) in [6.45, 7) is 0.127. The lowest BCUT2D eigenvalue weighted by Crippen LogP contribution is -2.39. The molecule has 1 N–H and O–H groups in total. The molecule has 11 heteroatoms. The maximum atomic E-state index is 12.5. The summed E-state index contributed by atoms with van der Waals surface area (Å²) in [4.78, 5) is 27.2. The second kappa shape index (κ2) is 6.98. The Bertz CT molecular complexity index is 959. The van der Waals surface area contributed by atoms with Gasteiger partial charge in [-0.3, -0.25) is 13.9 Å². The zero-order valence-electron chi connectivity index (χ0n) is 12.8. The molecule has 0 fully saturated rings. The topological polar surface area (TPSA) is 92.7 Å². The summed E-state index contributed by atoms with van der Waals surface area (Å²) in [6.07, 6.45) is -2.79. The van der Waals surface area contributed by atoms with Crippen LogP contribution in [-0.2, 0) is 19.8 Å². The van der Waals surface area contributed by atoms with Gasteiger partial charge in [0, 0.05) is 32.5 Å². The van der Waals surface area contributed by atoms with Crippen LogP contribution in [0.5, 0.6) is 0 Å². The molecule has 2 aromatic heterocycles. The summed E-state index contributed by atoms with van der Waals surface area (Å²) in [5.74, 6) is 0.0213. The lowest BCUT2D eigenvalue weighted by atomic mass is 10.3. The van der Waals surface area contributed by atoms with Crippen LogP contribution in [0, 0.1) is 11.3 Å². The Kier molecular flexibility index (Phi) is 5.18. The van der Waals surface area contributed by atoms with Gasteiger partial charge in [0.2, 0.25) is 0 Å². The average Bonchev–Trinajstić information content (AvgIpc) is 2.55. The fraction of sp³-hybridized carbons (Fsp3) is 0.286. The third-order valence-electron chi connectivity index (χ3n) is 3.29. The van der Waals surface area contributed by atoms with Gasteiger partial charge in [-0.2, -0.15) is 18.4 Å². The molecule has 0 aromatic carbocycles. The molecule has 0 bridgehead atoms. The van der Waals surface area contributed by atoms with Gasteiger partial charge >= 0.3 is 11.9 Å². The summed E-state index contributed by atoms with van der Waals surface area (Å²) in [5.41, 5.74) is -2.51. The van der Waals surface area contributed by atoms with E-state index in [2.05, 4.69) is 10.3 Å². The Morgan fingerprint density at radius 1 is 1.40 bits per heavy atom. The quantitative estimate of drug-likeness (QED) is 0.878. The summed E-state index contributed by atoms with van der Waals surface area (Å²) < 4.78 is 39.6. The normalized spacial score (nSPS) is 11.2. The van der Waals surface area contributed by atoms with Crippen molar-refractivity contribution in [3.8, 4) is 6.07 Å². The van der Waals surface area contributed by atoms with Crippen LogP contribution in [0.2, 0.25) is 5.02 Å². The van der Waals surface area contributed by atoms with Gasteiger partial charge in [-0.05, 0) is 6.07 Å². The monoisotopic (exact) mass is 373 g/mol. The molecule has 0 aliphatic rings. The number of pyridine rings is 1. The third kappa shape index (κ3) is 4.00. The molecule has 2 rings (SSSR count). The molecule has 2 heterocycles. The third-order valence-corrected chi connectivity index (χ3v) is 3.57. The number of hydrogen-bond acceptors (Lipinski definition) is 5.